The molecular formula is C16H23N3O3S. The van der Waals surface area contributed by atoms with E-state index < -0.39 is 10.0 Å². The van der Waals surface area contributed by atoms with Crippen LogP contribution in [0.5, 0.6) is 0 Å². The van der Waals surface area contributed by atoms with Crippen LogP contribution in [0.4, 0.5) is 0 Å². The molecule has 1 atom stereocenters. The van der Waals surface area contributed by atoms with Gasteiger partial charge >= 0.3 is 0 Å². The number of carbonyl (C=O) groups excluding carboxylic acids is 1. The average molecular weight is 337 g/mol. The molecule has 126 valence electrons. The van der Waals surface area contributed by atoms with Crippen LogP contribution < -0.4 is 10.6 Å². The molecule has 6 nitrogen and oxygen atoms in total. The van der Waals surface area contributed by atoms with E-state index in [-0.39, 0.29) is 22.4 Å². The second kappa shape index (κ2) is 6.98. The Hall–Kier alpha value is -1.44. The Balaban J connectivity index is 1.86. The van der Waals surface area contributed by atoms with Crippen molar-refractivity contribution in [2.45, 2.75) is 36.6 Å². The molecule has 2 aliphatic heterocycles. The topological polar surface area (TPSA) is 78.5 Å². The number of rotatable bonds is 4. The van der Waals surface area contributed by atoms with Gasteiger partial charge in [0.15, 0.2) is 0 Å². The van der Waals surface area contributed by atoms with Gasteiger partial charge in [0.25, 0.3) is 5.91 Å². The molecular weight excluding hydrogens is 314 g/mol. The predicted octanol–water partition coefficient (Wildman–Crippen LogP) is 0.953. The number of carbonyl (C=O) groups is 1. The highest BCUT2D eigenvalue weighted by molar-refractivity contribution is 7.89. The van der Waals surface area contributed by atoms with Crippen molar-refractivity contribution in [2.24, 2.45) is 0 Å². The number of piperidine rings is 1. The number of benzene rings is 1. The van der Waals surface area contributed by atoms with E-state index in [1.165, 1.54) is 10.4 Å². The van der Waals surface area contributed by atoms with Crippen LogP contribution in [0.25, 0.3) is 0 Å². The number of nitrogens with one attached hydrogen (secondary N) is 2. The summed E-state index contributed by atoms with van der Waals surface area (Å²) in [5, 5.41) is 6.11. The van der Waals surface area contributed by atoms with Crippen LogP contribution in [-0.2, 0) is 10.0 Å². The van der Waals surface area contributed by atoms with E-state index in [0.717, 1.165) is 38.8 Å². The van der Waals surface area contributed by atoms with Gasteiger partial charge in [0.2, 0.25) is 10.0 Å². The fraction of sp³-hybridized carbons (Fsp3) is 0.562. The van der Waals surface area contributed by atoms with Gasteiger partial charge in [-0.1, -0.05) is 18.6 Å². The van der Waals surface area contributed by atoms with Crippen molar-refractivity contribution in [1.82, 2.24) is 14.9 Å². The normalized spacial score (nSPS) is 22.9. The van der Waals surface area contributed by atoms with Crippen LogP contribution in [0.2, 0.25) is 0 Å². The quantitative estimate of drug-likeness (QED) is 0.857. The molecule has 1 aromatic carbocycles. The van der Waals surface area contributed by atoms with Crippen LogP contribution in [0.1, 0.15) is 36.0 Å². The second-order valence-corrected chi connectivity index (χ2v) is 8.03. The first kappa shape index (κ1) is 16.4. The molecule has 0 radical (unpaired) electrons. The molecule has 1 amide bonds. The molecule has 3 rings (SSSR count). The molecule has 0 aromatic heterocycles. The summed E-state index contributed by atoms with van der Waals surface area (Å²) in [4.78, 5) is 12.6. The van der Waals surface area contributed by atoms with E-state index in [1.54, 1.807) is 18.2 Å². The van der Waals surface area contributed by atoms with Gasteiger partial charge in [-0.15, -0.1) is 0 Å². The van der Waals surface area contributed by atoms with Crippen molar-refractivity contribution in [3.63, 3.8) is 0 Å². The van der Waals surface area contributed by atoms with E-state index in [2.05, 4.69) is 10.6 Å². The first-order valence-corrected chi connectivity index (χ1v) is 9.64. The molecule has 0 saturated carbocycles. The first-order valence-electron chi connectivity index (χ1n) is 8.20. The lowest BCUT2D eigenvalue weighted by atomic mass is 10.2. The molecule has 2 aliphatic rings. The molecule has 2 heterocycles. The van der Waals surface area contributed by atoms with Gasteiger partial charge in [-0.2, -0.15) is 4.31 Å². The number of hydrogen-bond acceptors (Lipinski definition) is 4. The molecule has 0 bridgehead atoms. The van der Waals surface area contributed by atoms with E-state index in [4.69, 9.17) is 0 Å². The third-order valence-corrected chi connectivity index (χ3v) is 6.42. The predicted molar refractivity (Wildman–Crippen MR) is 87.8 cm³/mol. The standard InChI is InChI=1S/C16H23N3O3S/c20-16(18-13-8-9-17-12-13)14-6-2-3-7-15(14)23(21,22)19-10-4-1-5-11-19/h2-3,6-7,13,17H,1,4-5,8-12H2,(H,18,20). The van der Waals surface area contributed by atoms with Crippen molar-refractivity contribution in [3.8, 4) is 0 Å². The average Bonchev–Trinajstić information content (AvgIpc) is 3.08. The minimum absolute atomic E-state index is 0.0632. The van der Waals surface area contributed by atoms with Gasteiger partial charge in [-0.25, -0.2) is 8.42 Å². The maximum absolute atomic E-state index is 12.9. The Kier molecular flexibility index (Phi) is 4.99. The zero-order valence-electron chi connectivity index (χ0n) is 13.1. The van der Waals surface area contributed by atoms with Crippen molar-refractivity contribution in [3.05, 3.63) is 29.8 Å². The van der Waals surface area contributed by atoms with Crippen LogP contribution >= 0.6 is 0 Å². The summed E-state index contributed by atoms with van der Waals surface area (Å²) in [6.07, 6.45) is 3.68. The van der Waals surface area contributed by atoms with Crippen LogP contribution in [-0.4, -0.2) is 50.9 Å². The van der Waals surface area contributed by atoms with Gasteiger partial charge in [-0.3, -0.25) is 4.79 Å². The summed E-state index contributed by atoms with van der Waals surface area (Å²) in [5.41, 5.74) is 0.241. The molecule has 2 N–H and O–H groups in total. The molecule has 0 aliphatic carbocycles. The lowest BCUT2D eigenvalue weighted by Crippen LogP contribution is -2.39. The summed E-state index contributed by atoms with van der Waals surface area (Å²) in [7, 11) is -3.61. The highest BCUT2D eigenvalue weighted by Gasteiger charge is 2.30. The number of amides is 1. The Bertz CT molecular complexity index is 663. The third kappa shape index (κ3) is 3.57. The number of nitrogens with zero attached hydrogens (tertiary/aromatic N) is 1. The molecule has 23 heavy (non-hydrogen) atoms. The Morgan fingerprint density at radius 3 is 2.61 bits per heavy atom. The van der Waals surface area contributed by atoms with Crippen LogP contribution in [0, 0.1) is 0 Å². The minimum Gasteiger partial charge on any atom is -0.348 e. The van der Waals surface area contributed by atoms with Gasteiger partial charge in [0.05, 0.1) is 10.5 Å². The highest BCUT2D eigenvalue weighted by Crippen LogP contribution is 2.23. The van der Waals surface area contributed by atoms with Gasteiger partial charge in [-0.05, 0) is 37.9 Å². The molecule has 1 aromatic rings. The van der Waals surface area contributed by atoms with E-state index >= 15 is 0 Å². The Labute approximate surface area is 137 Å². The fourth-order valence-corrected chi connectivity index (χ4v) is 4.87. The summed E-state index contributed by atoms with van der Waals surface area (Å²) in [6.45, 7) is 2.67. The smallest absolute Gasteiger partial charge is 0.252 e. The molecule has 7 heteroatoms. The lowest BCUT2D eigenvalue weighted by molar-refractivity contribution is 0.0936. The molecule has 2 fully saturated rings. The minimum atomic E-state index is -3.61. The monoisotopic (exact) mass is 337 g/mol. The Morgan fingerprint density at radius 1 is 1.17 bits per heavy atom. The van der Waals surface area contributed by atoms with Gasteiger partial charge in [0.1, 0.15) is 0 Å². The zero-order chi connectivity index (χ0) is 16.3. The van der Waals surface area contributed by atoms with Crippen molar-refractivity contribution < 1.29 is 13.2 Å². The lowest BCUT2D eigenvalue weighted by Gasteiger charge is -2.26. The Morgan fingerprint density at radius 2 is 1.91 bits per heavy atom. The summed E-state index contributed by atoms with van der Waals surface area (Å²) in [5.74, 6) is -0.310. The zero-order valence-corrected chi connectivity index (χ0v) is 13.9. The summed E-state index contributed by atoms with van der Waals surface area (Å²) >= 11 is 0. The van der Waals surface area contributed by atoms with E-state index in [0.29, 0.717) is 13.1 Å². The van der Waals surface area contributed by atoms with Crippen molar-refractivity contribution >= 4 is 15.9 Å². The van der Waals surface area contributed by atoms with E-state index in [9.17, 15) is 13.2 Å². The highest BCUT2D eigenvalue weighted by atomic mass is 32.2. The number of sulfonamides is 1. The summed E-state index contributed by atoms with van der Waals surface area (Å²) in [6, 6.07) is 6.57. The van der Waals surface area contributed by atoms with Crippen LogP contribution in [0.3, 0.4) is 0 Å². The maximum Gasteiger partial charge on any atom is 0.252 e. The largest absolute Gasteiger partial charge is 0.348 e. The SMILES string of the molecule is O=C(NC1CCNC1)c1ccccc1S(=O)(=O)N1CCCCC1. The molecule has 1 unspecified atom stereocenters. The number of hydrogen-bond donors (Lipinski definition) is 2. The van der Waals surface area contributed by atoms with Crippen molar-refractivity contribution in [1.29, 1.82) is 0 Å². The van der Waals surface area contributed by atoms with E-state index in [1.807, 2.05) is 0 Å². The van der Waals surface area contributed by atoms with Crippen molar-refractivity contribution in [2.75, 3.05) is 26.2 Å². The first-order chi connectivity index (χ1) is 11.1. The second-order valence-electron chi connectivity index (χ2n) is 6.12. The maximum atomic E-state index is 12.9. The third-order valence-electron chi connectivity index (χ3n) is 4.46. The molecule has 2 saturated heterocycles. The molecule has 0 spiro atoms. The fourth-order valence-electron chi connectivity index (χ4n) is 3.16. The van der Waals surface area contributed by atoms with Gasteiger partial charge in [0, 0.05) is 25.7 Å². The van der Waals surface area contributed by atoms with Crippen LogP contribution in [0.15, 0.2) is 29.2 Å². The van der Waals surface area contributed by atoms with Gasteiger partial charge < -0.3 is 10.6 Å². The summed E-state index contributed by atoms with van der Waals surface area (Å²) < 4.78 is 27.3.